The Morgan fingerprint density at radius 1 is 0.650 bits per heavy atom. The van der Waals surface area contributed by atoms with Gasteiger partial charge >= 0.3 is 0 Å². The molecule has 0 aromatic heterocycles. The first kappa shape index (κ1) is 14.4. The quantitative estimate of drug-likeness (QED) is 0.800. The molecule has 4 N–H and O–H groups in total. The summed E-state index contributed by atoms with van der Waals surface area (Å²) in [5.74, 6) is 0.341. The summed E-state index contributed by atoms with van der Waals surface area (Å²) in [4.78, 5) is 0. The van der Waals surface area contributed by atoms with Crippen LogP contribution in [0.25, 0.3) is 0 Å². The fourth-order valence-corrected chi connectivity index (χ4v) is 2.83. The Kier molecular flexibility index (Phi) is 3.76. The van der Waals surface area contributed by atoms with Crippen LogP contribution in [0.1, 0.15) is 46.2 Å². The highest BCUT2D eigenvalue weighted by molar-refractivity contribution is 5.58. The molecule has 0 atom stereocenters. The summed E-state index contributed by atoms with van der Waals surface area (Å²) in [6.45, 7) is 10.7. The molecule has 20 heavy (non-hydrogen) atoms. The zero-order valence-electron chi connectivity index (χ0n) is 13.0. The zero-order valence-corrected chi connectivity index (χ0v) is 13.0. The van der Waals surface area contributed by atoms with Crippen molar-refractivity contribution in [1.82, 2.24) is 0 Å². The molecule has 0 saturated carbocycles. The fourth-order valence-electron chi connectivity index (χ4n) is 2.83. The zero-order chi connectivity index (χ0) is 15.0. The highest BCUT2D eigenvalue weighted by Gasteiger charge is 2.16. The van der Waals surface area contributed by atoms with Gasteiger partial charge in [-0.3, -0.25) is 0 Å². The number of rotatable bonds is 2. The molecule has 0 heterocycles. The Labute approximate surface area is 121 Å². The first-order chi connectivity index (χ1) is 9.34. The maximum atomic E-state index is 5.99. The standard InChI is InChI=1S/C18H24N2/c1-10-12(3)17(19)8-6-15(10)14(5)16-7-9-18(20)13(4)11(16)2/h6-9,14H,19-20H2,1-5H3. The molecular weight excluding hydrogens is 244 g/mol. The van der Waals surface area contributed by atoms with Crippen LogP contribution in [-0.4, -0.2) is 0 Å². The van der Waals surface area contributed by atoms with E-state index in [0.717, 1.165) is 11.4 Å². The second kappa shape index (κ2) is 5.20. The minimum Gasteiger partial charge on any atom is -0.399 e. The third-order valence-corrected chi connectivity index (χ3v) is 4.67. The van der Waals surface area contributed by atoms with E-state index in [1.807, 2.05) is 12.1 Å². The van der Waals surface area contributed by atoms with E-state index < -0.39 is 0 Å². The largest absolute Gasteiger partial charge is 0.399 e. The Morgan fingerprint density at radius 3 is 1.35 bits per heavy atom. The monoisotopic (exact) mass is 268 g/mol. The van der Waals surface area contributed by atoms with E-state index in [-0.39, 0.29) is 0 Å². The topological polar surface area (TPSA) is 52.0 Å². The maximum Gasteiger partial charge on any atom is 0.0346 e. The molecule has 2 heteroatoms. The van der Waals surface area contributed by atoms with Crippen molar-refractivity contribution in [2.24, 2.45) is 0 Å². The predicted octanol–water partition coefficient (Wildman–Crippen LogP) is 4.24. The van der Waals surface area contributed by atoms with Gasteiger partial charge in [0.15, 0.2) is 0 Å². The molecule has 2 rings (SSSR count). The summed E-state index contributed by atoms with van der Waals surface area (Å²) in [5.41, 5.74) is 21.3. The summed E-state index contributed by atoms with van der Waals surface area (Å²) in [6.07, 6.45) is 0. The number of hydrogen-bond acceptors (Lipinski definition) is 2. The van der Waals surface area contributed by atoms with E-state index in [0.29, 0.717) is 5.92 Å². The van der Waals surface area contributed by atoms with Crippen molar-refractivity contribution in [3.05, 3.63) is 57.6 Å². The lowest BCUT2D eigenvalue weighted by atomic mass is 9.84. The molecule has 0 aliphatic rings. The van der Waals surface area contributed by atoms with Crippen LogP contribution in [0.5, 0.6) is 0 Å². The van der Waals surface area contributed by atoms with E-state index in [2.05, 4.69) is 46.8 Å². The van der Waals surface area contributed by atoms with Gasteiger partial charge in [-0.2, -0.15) is 0 Å². The molecule has 2 nitrogen and oxygen atoms in total. The van der Waals surface area contributed by atoms with Gasteiger partial charge in [-0.25, -0.2) is 0 Å². The number of benzene rings is 2. The smallest absolute Gasteiger partial charge is 0.0346 e. The van der Waals surface area contributed by atoms with Crippen LogP contribution in [0.4, 0.5) is 11.4 Å². The van der Waals surface area contributed by atoms with E-state index in [1.54, 1.807) is 0 Å². The average Bonchev–Trinajstić information content (AvgIpc) is 2.42. The molecule has 0 fully saturated rings. The Morgan fingerprint density at radius 2 is 1.00 bits per heavy atom. The molecule has 0 aliphatic carbocycles. The van der Waals surface area contributed by atoms with Gasteiger partial charge in [0.2, 0.25) is 0 Å². The summed E-state index contributed by atoms with van der Waals surface area (Å²) in [7, 11) is 0. The molecule has 0 radical (unpaired) electrons. The molecule has 0 spiro atoms. The van der Waals surface area contributed by atoms with Crippen LogP contribution >= 0.6 is 0 Å². The van der Waals surface area contributed by atoms with E-state index >= 15 is 0 Å². The lowest BCUT2D eigenvalue weighted by Gasteiger charge is -2.21. The van der Waals surface area contributed by atoms with Crippen LogP contribution in [0.3, 0.4) is 0 Å². The SMILES string of the molecule is Cc1c(N)ccc(C(C)c2ccc(N)c(C)c2C)c1C. The fraction of sp³-hybridized carbons (Fsp3) is 0.333. The van der Waals surface area contributed by atoms with Gasteiger partial charge in [-0.15, -0.1) is 0 Å². The molecule has 0 saturated heterocycles. The summed E-state index contributed by atoms with van der Waals surface area (Å²) in [5, 5.41) is 0. The molecular formula is C18H24N2. The van der Waals surface area contributed by atoms with Crippen LogP contribution in [0, 0.1) is 27.7 Å². The first-order valence-corrected chi connectivity index (χ1v) is 7.05. The number of anilines is 2. The Balaban J connectivity index is 2.55. The van der Waals surface area contributed by atoms with Crippen molar-refractivity contribution in [3.63, 3.8) is 0 Å². The van der Waals surface area contributed by atoms with E-state index in [1.165, 1.54) is 33.4 Å². The molecule has 0 aliphatic heterocycles. The minimum atomic E-state index is 0.341. The van der Waals surface area contributed by atoms with Gasteiger partial charge in [-0.05, 0) is 73.2 Å². The number of nitrogens with two attached hydrogens (primary N) is 2. The van der Waals surface area contributed by atoms with Crippen molar-refractivity contribution in [1.29, 1.82) is 0 Å². The molecule has 0 unspecified atom stereocenters. The summed E-state index contributed by atoms with van der Waals surface area (Å²) < 4.78 is 0. The van der Waals surface area contributed by atoms with E-state index in [4.69, 9.17) is 11.5 Å². The average molecular weight is 268 g/mol. The van der Waals surface area contributed by atoms with Gasteiger partial charge < -0.3 is 11.5 Å². The molecule has 2 aromatic carbocycles. The third-order valence-electron chi connectivity index (χ3n) is 4.67. The molecule has 0 amide bonds. The van der Waals surface area contributed by atoms with E-state index in [9.17, 15) is 0 Å². The first-order valence-electron chi connectivity index (χ1n) is 7.05. The van der Waals surface area contributed by atoms with Gasteiger partial charge in [0.05, 0.1) is 0 Å². The highest BCUT2D eigenvalue weighted by Crippen LogP contribution is 2.33. The molecule has 0 bridgehead atoms. The van der Waals surface area contributed by atoms with Crippen molar-refractivity contribution < 1.29 is 0 Å². The van der Waals surface area contributed by atoms with Gasteiger partial charge in [0.25, 0.3) is 0 Å². The lowest BCUT2D eigenvalue weighted by molar-refractivity contribution is 0.893. The van der Waals surface area contributed by atoms with Crippen LogP contribution in [0.15, 0.2) is 24.3 Å². The van der Waals surface area contributed by atoms with Crippen LogP contribution in [-0.2, 0) is 0 Å². The second-order valence-electron chi connectivity index (χ2n) is 5.71. The minimum absolute atomic E-state index is 0.341. The maximum absolute atomic E-state index is 5.99. The van der Waals surface area contributed by atoms with Gasteiger partial charge in [-0.1, -0.05) is 19.1 Å². The van der Waals surface area contributed by atoms with Gasteiger partial charge in [0, 0.05) is 17.3 Å². The molecule has 2 aromatic rings. The van der Waals surface area contributed by atoms with Crippen molar-refractivity contribution in [2.75, 3.05) is 11.5 Å². The lowest BCUT2D eigenvalue weighted by Crippen LogP contribution is -2.06. The Bertz CT molecular complexity index is 599. The highest BCUT2D eigenvalue weighted by atomic mass is 14.6. The summed E-state index contributed by atoms with van der Waals surface area (Å²) >= 11 is 0. The van der Waals surface area contributed by atoms with Crippen molar-refractivity contribution >= 4 is 11.4 Å². The number of nitrogen functional groups attached to an aromatic ring is 2. The van der Waals surface area contributed by atoms with Crippen molar-refractivity contribution in [2.45, 2.75) is 40.5 Å². The second-order valence-corrected chi connectivity index (χ2v) is 5.71. The van der Waals surface area contributed by atoms with Crippen molar-refractivity contribution in [3.8, 4) is 0 Å². The third kappa shape index (κ3) is 2.26. The Hall–Kier alpha value is -1.96. The van der Waals surface area contributed by atoms with Crippen LogP contribution in [0.2, 0.25) is 0 Å². The number of hydrogen-bond donors (Lipinski definition) is 2. The normalized spacial score (nSPS) is 11.1. The summed E-state index contributed by atoms with van der Waals surface area (Å²) in [6, 6.07) is 8.31. The van der Waals surface area contributed by atoms with Crippen LogP contribution < -0.4 is 11.5 Å². The molecule has 106 valence electrons. The predicted molar refractivity (Wildman–Crippen MR) is 88.2 cm³/mol. The van der Waals surface area contributed by atoms with Gasteiger partial charge in [0.1, 0.15) is 0 Å².